The van der Waals surface area contributed by atoms with Gasteiger partial charge in [0.05, 0.1) is 0 Å². The molecule has 0 aromatic rings. The second-order valence-corrected chi connectivity index (χ2v) is 3.73. The Labute approximate surface area is 95.2 Å². The molecule has 90 valence electrons. The van der Waals surface area contributed by atoms with Gasteiger partial charge in [0.25, 0.3) is 0 Å². The van der Waals surface area contributed by atoms with Crippen molar-refractivity contribution < 1.29 is 9.59 Å². The lowest BCUT2D eigenvalue weighted by molar-refractivity contribution is -0.142. The molecule has 0 spiro atoms. The molecule has 6 heteroatoms. The van der Waals surface area contributed by atoms with Crippen LogP contribution in [0.2, 0.25) is 0 Å². The van der Waals surface area contributed by atoms with Crippen molar-refractivity contribution in [2.45, 2.75) is 0 Å². The van der Waals surface area contributed by atoms with Gasteiger partial charge in [-0.3, -0.25) is 15.0 Å². The molecule has 0 aliphatic carbocycles. The SMILES string of the molecule is C=CCNC(=O)C(=O)NN1CCN(C)CC1. The van der Waals surface area contributed by atoms with Crippen molar-refractivity contribution in [2.24, 2.45) is 0 Å². The van der Waals surface area contributed by atoms with Crippen molar-refractivity contribution in [3.05, 3.63) is 12.7 Å². The maximum absolute atomic E-state index is 11.4. The largest absolute Gasteiger partial charge is 0.344 e. The van der Waals surface area contributed by atoms with Crippen molar-refractivity contribution in [3.8, 4) is 0 Å². The van der Waals surface area contributed by atoms with Crippen LogP contribution in [0.1, 0.15) is 0 Å². The zero-order valence-corrected chi connectivity index (χ0v) is 9.53. The number of nitrogens with zero attached hydrogens (tertiary/aromatic N) is 2. The van der Waals surface area contributed by atoms with E-state index in [0.29, 0.717) is 6.54 Å². The van der Waals surface area contributed by atoms with E-state index in [1.807, 2.05) is 7.05 Å². The highest BCUT2D eigenvalue weighted by molar-refractivity contribution is 6.34. The van der Waals surface area contributed by atoms with Gasteiger partial charge in [0.2, 0.25) is 0 Å². The lowest BCUT2D eigenvalue weighted by Crippen LogP contribution is -2.55. The maximum atomic E-state index is 11.4. The minimum Gasteiger partial charge on any atom is -0.344 e. The van der Waals surface area contributed by atoms with Gasteiger partial charge in [0.15, 0.2) is 0 Å². The van der Waals surface area contributed by atoms with Crippen LogP contribution in [0, 0.1) is 0 Å². The van der Waals surface area contributed by atoms with E-state index in [0.717, 1.165) is 26.2 Å². The molecule has 0 aromatic heterocycles. The highest BCUT2D eigenvalue weighted by Gasteiger charge is 2.19. The van der Waals surface area contributed by atoms with E-state index < -0.39 is 11.8 Å². The van der Waals surface area contributed by atoms with Crippen LogP contribution in [0.15, 0.2) is 12.7 Å². The van der Waals surface area contributed by atoms with E-state index in [-0.39, 0.29) is 0 Å². The predicted molar refractivity (Wildman–Crippen MR) is 60.4 cm³/mol. The molecule has 1 rings (SSSR count). The predicted octanol–water partition coefficient (Wildman–Crippen LogP) is -1.43. The fraction of sp³-hybridized carbons (Fsp3) is 0.600. The molecule has 1 heterocycles. The minimum absolute atomic E-state index is 0.301. The zero-order chi connectivity index (χ0) is 12.0. The van der Waals surface area contributed by atoms with Crippen LogP contribution < -0.4 is 10.7 Å². The molecule has 1 aliphatic rings. The maximum Gasteiger partial charge on any atom is 0.323 e. The number of likely N-dealkylation sites (N-methyl/N-ethyl adjacent to an activating group) is 1. The number of nitrogens with one attached hydrogen (secondary N) is 2. The molecule has 0 aromatic carbocycles. The average Bonchev–Trinajstić information content (AvgIpc) is 2.29. The van der Waals surface area contributed by atoms with Gasteiger partial charge in [-0.15, -0.1) is 6.58 Å². The van der Waals surface area contributed by atoms with Crippen LogP contribution in [-0.4, -0.2) is 61.5 Å². The number of piperazine rings is 1. The van der Waals surface area contributed by atoms with Gasteiger partial charge in [-0.05, 0) is 7.05 Å². The van der Waals surface area contributed by atoms with Crippen LogP contribution in [0.4, 0.5) is 0 Å². The Hall–Kier alpha value is -1.40. The first-order valence-corrected chi connectivity index (χ1v) is 5.26. The lowest BCUT2D eigenvalue weighted by atomic mass is 10.4. The molecular weight excluding hydrogens is 208 g/mol. The van der Waals surface area contributed by atoms with Gasteiger partial charge in [-0.1, -0.05) is 6.08 Å². The monoisotopic (exact) mass is 226 g/mol. The summed E-state index contributed by atoms with van der Waals surface area (Å²) >= 11 is 0. The molecule has 0 atom stereocenters. The van der Waals surface area contributed by atoms with Crippen molar-refractivity contribution in [3.63, 3.8) is 0 Å². The molecule has 0 radical (unpaired) electrons. The summed E-state index contributed by atoms with van der Waals surface area (Å²) in [6.45, 7) is 6.99. The highest BCUT2D eigenvalue weighted by atomic mass is 16.2. The van der Waals surface area contributed by atoms with E-state index in [4.69, 9.17) is 0 Å². The molecule has 16 heavy (non-hydrogen) atoms. The smallest absolute Gasteiger partial charge is 0.323 e. The van der Waals surface area contributed by atoms with Crippen LogP contribution in [0.3, 0.4) is 0 Å². The van der Waals surface area contributed by atoms with Gasteiger partial charge in [-0.25, -0.2) is 5.01 Å². The summed E-state index contributed by atoms with van der Waals surface area (Å²) in [5, 5.41) is 4.18. The van der Waals surface area contributed by atoms with E-state index >= 15 is 0 Å². The van der Waals surface area contributed by atoms with Gasteiger partial charge >= 0.3 is 11.8 Å². The minimum atomic E-state index is -0.626. The van der Waals surface area contributed by atoms with Crippen LogP contribution in [0.25, 0.3) is 0 Å². The third-order valence-electron chi connectivity index (χ3n) is 2.38. The molecule has 1 fully saturated rings. The molecule has 0 saturated carbocycles. The van der Waals surface area contributed by atoms with Crippen molar-refractivity contribution in [2.75, 3.05) is 39.8 Å². The molecule has 2 N–H and O–H groups in total. The molecule has 6 nitrogen and oxygen atoms in total. The van der Waals surface area contributed by atoms with Gasteiger partial charge in [-0.2, -0.15) is 0 Å². The number of hydrogen-bond acceptors (Lipinski definition) is 4. The average molecular weight is 226 g/mol. The first-order chi connectivity index (χ1) is 7.63. The van der Waals surface area contributed by atoms with Crippen LogP contribution in [0.5, 0.6) is 0 Å². The quantitative estimate of drug-likeness (QED) is 0.457. The molecule has 1 saturated heterocycles. The molecule has 0 bridgehead atoms. The Kier molecular flexibility index (Phi) is 4.94. The van der Waals surface area contributed by atoms with Crippen molar-refractivity contribution in [1.82, 2.24) is 20.7 Å². The molecule has 0 unspecified atom stereocenters. The fourth-order valence-electron chi connectivity index (χ4n) is 1.36. The Bertz CT molecular complexity index is 272. The van der Waals surface area contributed by atoms with Crippen LogP contribution >= 0.6 is 0 Å². The van der Waals surface area contributed by atoms with Crippen molar-refractivity contribution in [1.29, 1.82) is 0 Å². The Morgan fingerprint density at radius 1 is 1.25 bits per heavy atom. The fourth-order valence-corrected chi connectivity index (χ4v) is 1.36. The Balaban J connectivity index is 2.28. The van der Waals surface area contributed by atoms with E-state index in [9.17, 15) is 9.59 Å². The van der Waals surface area contributed by atoms with Crippen LogP contribution in [-0.2, 0) is 9.59 Å². The second kappa shape index (κ2) is 6.24. The van der Waals surface area contributed by atoms with Gasteiger partial charge in [0, 0.05) is 32.7 Å². The number of hydrogen-bond donors (Lipinski definition) is 2. The van der Waals surface area contributed by atoms with E-state index in [1.54, 1.807) is 5.01 Å². The first-order valence-electron chi connectivity index (χ1n) is 5.26. The molecular formula is C10H18N4O2. The number of hydrazine groups is 1. The van der Waals surface area contributed by atoms with E-state index in [2.05, 4.69) is 22.2 Å². The standard InChI is InChI=1S/C10H18N4O2/c1-3-4-11-9(15)10(16)12-14-7-5-13(2)6-8-14/h3H,1,4-8H2,2H3,(H,11,15)(H,12,16). The summed E-state index contributed by atoms with van der Waals surface area (Å²) < 4.78 is 0. The Morgan fingerprint density at radius 2 is 1.88 bits per heavy atom. The van der Waals surface area contributed by atoms with E-state index in [1.165, 1.54) is 6.08 Å². The summed E-state index contributed by atoms with van der Waals surface area (Å²) in [7, 11) is 2.02. The molecule has 1 aliphatic heterocycles. The van der Waals surface area contributed by atoms with Crippen molar-refractivity contribution >= 4 is 11.8 Å². The number of carbonyl (C=O) groups is 2. The first kappa shape index (κ1) is 12.7. The summed E-state index contributed by atoms with van der Waals surface area (Å²) in [5.41, 5.74) is 2.57. The number of carbonyl (C=O) groups excluding carboxylic acids is 2. The lowest BCUT2D eigenvalue weighted by Gasteiger charge is -2.32. The van der Waals surface area contributed by atoms with Gasteiger partial charge < -0.3 is 10.2 Å². The number of rotatable bonds is 3. The van der Waals surface area contributed by atoms with Gasteiger partial charge in [0.1, 0.15) is 0 Å². The highest BCUT2D eigenvalue weighted by Crippen LogP contribution is 1.94. The summed E-state index contributed by atoms with van der Waals surface area (Å²) in [4.78, 5) is 24.8. The Morgan fingerprint density at radius 3 is 2.44 bits per heavy atom. The zero-order valence-electron chi connectivity index (χ0n) is 9.53. The summed E-state index contributed by atoms with van der Waals surface area (Å²) in [5.74, 6) is -1.25. The number of amides is 2. The normalized spacial score (nSPS) is 17.8. The third-order valence-corrected chi connectivity index (χ3v) is 2.38. The second-order valence-electron chi connectivity index (χ2n) is 3.73. The molecule has 2 amide bonds. The summed E-state index contributed by atoms with van der Waals surface area (Å²) in [6, 6.07) is 0. The topological polar surface area (TPSA) is 64.7 Å². The third kappa shape index (κ3) is 4.00. The summed E-state index contributed by atoms with van der Waals surface area (Å²) in [6.07, 6.45) is 1.53.